The number of rotatable bonds is 4. The van der Waals surface area contributed by atoms with Crippen molar-refractivity contribution in [2.45, 2.75) is 18.3 Å². The molecule has 0 saturated heterocycles. The molecule has 1 aliphatic rings. The molecule has 27 heavy (non-hydrogen) atoms. The Labute approximate surface area is 159 Å². The number of allylic oxidation sites excluding steroid dienone is 1. The molecule has 0 spiro atoms. The molecule has 2 nitrogen and oxygen atoms in total. The molecule has 2 heterocycles. The van der Waals surface area contributed by atoms with Crippen LogP contribution in [0.2, 0.25) is 0 Å². The third kappa shape index (κ3) is 2.65. The van der Waals surface area contributed by atoms with Gasteiger partial charge in [0.25, 0.3) is 0 Å². The van der Waals surface area contributed by atoms with Gasteiger partial charge in [0.15, 0.2) is 0 Å². The number of nitrogens with zero attached hydrogens (tertiary/aromatic N) is 2. The third-order valence-electron chi connectivity index (χ3n) is 5.73. The number of pyridine rings is 2. The molecule has 0 aliphatic heterocycles. The van der Waals surface area contributed by atoms with Gasteiger partial charge in [-0.15, -0.1) is 0 Å². The number of hydrogen-bond donors (Lipinski definition) is 0. The van der Waals surface area contributed by atoms with Gasteiger partial charge in [-0.3, -0.25) is 9.97 Å². The zero-order valence-electron chi connectivity index (χ0n) is 15.0. The van der Waals surface area contributed by atoms with Crippen LogP contribution in [0.25, 0.3) is 16.3 Å². The van der Waals surface area contributed by atoms with Crippen LogP contribution in [0.5, 0.6) is 0 Å². The SMILES string of the molecule is C=C1c2cccc3cccc(c23)C1C(Cc1ccncc1)c1ccncc1. The van der Waals surface area contributed by atoms with E-state index in [1.807, 2.05) is 24.8 Å². The summed E-state index contributed by atoms with van der Waals surface area (Å²) in [5.74, 6) is 0.572. The lowest BCUT2D eigenvalue weighted by Gasteiger charge is -2.26. The zero-order valence-corrected chi connectivity index (χ0v) is 15.0. The maximum Gasteiger partial charge on any atom is 0.0270 e. The van der Waals surface area contributed by atoms with Crippen LogP contribution in [-0.4, -0.2) is 9.97 Å². The Morgan fingerprint density at radius 3 is 2.22 bits per heavy atom. The van der Waals surface area contributed by atoms with Crippen molar-refractivity contribution >= 4 is 16.3 Å². The van der Waals surface area contributed by atoms with Crippen LogP contribution in [0.1, 0.15) is 34.1 Å². The number of benzene rings is 2. The van der Waals surface area contributed by atoms with Crippen molar-refractivity contribution in [2.24, 2.45) is 0 Å². The number of aromatic nitrogens is 2. The molecule has 0 N–H and O–H groups in total. The van der Waals surface area contributed by atoms with Gasteiger partial charge in [-0.1, -0.05) is 43.0 Å². The lowest BCUT2D eigenvalue weighted by Crippen LogP contribution is -2.13. The highest BCUT2D eigenvalue weighted by atomic mass is 14.6. The van der Waals surface area contributed by atoms with Gasteiger partial charge in [-0.05, 0) is 75.2 Å². The monoisotopic (exact) mass is 348 g/mol. The van der Waals surface area contributed by atoms with E-state index in [9.17, 15) is 0 Å². The first kappa shape index (κ1) is 16.0. The van der Waals surface area contributed by atoms with Crippen LogP contribution in [-0.2, 0) is 6.42 Å². The summed E-state index contributed by atoms with van der Waals surface area (Å²) in [6, 6.07) is 21.7. The third-order valence-corrected chi connectivity index (χ3v) is 5.73. The Kier molecular flexibility index (Phi) is 3.83. The summed E-state index contributed by atoms with van der Waals surface area (Å²) in [5.41, 5.74) is 6.50. The molecule has 5 rings (SSSR count). The summed E-state index contributed by atoms with van der Waals surface area (Å²) < 4.78 is 0. The highest BCUT2D eigenvalue weighted by Crippen LogP contribution is 2.52. The van der Waals surface area contributed by atoms with Gasteiger partial charge in [0.05, 0.1) is 0 Å². The van der Waals surface area contributed by atoms with Crippen molar-refractivity contribution in [2.75, 3.05) is 0 Å². The van der Waals surface area contributed by atoms with Gasteiger partial charge in [-0.2, -0.15) is 0 Å². The molecule has 130 valence electrons. The van der Waals surface area contributed by atoms with Crippen molar-refractivity contribution < 1.29 is 0 Å². The van der Waals surface area contributed by atoms with E-state index in [2.05, 4.69) is 77.2 Å². The first-order chi connectivity index (χ1) is 13.3. The second-order valence-corrected chi connectivity index (χ2v) is 7.20. The van der Waals surface area contributed by atoms with Crippen molar-refractivity contribution in [3.63, 3.8) is 0 Å². The molecule has 2 heteroatoms. The van der Waals surface area contributed by atoms with E-state index in [0.717, 1.165) is 6.42 Å². The fraction of sp³-hybridized carbons (Fsp3) is 0.120. The summed E-state index contributed by atoms with van der Waals surface area (Å²) in [6.07, 6.45) is 8.47. The summed E-state index contributed by atoms with van der Waals surface area (Å²) >= 11 is 0. The smallest absolute Gasteiger partial charge is 0.0270 e. The van der Waals surface area contributed by atoms with Gasteiger partial charge < -0.3 is 0 Å². The van der Waals surface area contributed by atoms with E-state index in [0.29, 0.717) is 5.92 Å². The van der Waals surface area contributed by atoms with E-state index in [4.69, 9.17) is 0 Å². The van der Waals surface area contributed by atoms with Gasteiger partial charge in [0.2, 0.25) is 0 Å². The predicted molar refractivity (Wildman–Crippen MR) is 111 cm³/mol. The number of hydrogen-bond acceptors (Lipinski definition) is 2. The fourth-order valence-corrected chi connectivity index (χ4v) is 4.52. The molecule has 0 bridgehead atoms. The Morgan fingerprint density at radius 2 is 1.48 bits per heavy atom. The molecule has 0 radical (unpaired) electrons. The fourth-order valence-electron chi connectivity index (χ4n) is 4.52. The van der Waals surface area contributed by atoms with Crippen LogP contribution < -0.4 is 0 Å². The van der Waals surface area contributed by atoms with Crippen molar-refractivity contribution in [1.82, 2.24) is 9.97 Å². The Bertz CT molecular complexity index is 1110. The average molecular weight is 348 g/mol. The normalized spacial score (nSPS) is 16.6. The maximum atomic E-state index is 4.54. The second kappa shape index (κ2) is 6.48. The minimum atomic E-state index is 0.265. The van der Waals surface area contributed by atoms with E-state index < -0.39 is 0 Å². The minimum Gasteiger partial charge on any atom is -0.265 e. The summed E-state index contributed by atoms with van der Waals surface area (Å²) in [6.45, 7) is 4.54. The second-order valence-electron chi connectivity index (χ2n) is 7.20. The van der Waals surface area contributed by atoms with Crippen LogP contribution in [0.3, 0.4) is 0 Å². The summed E-state index contributed by atoms with van der Waals surface area (Å²) in [5, 5.41) is 2.66. The molecule has 2 atom stereocenters. The lowest BCUT2D eigenvalue weighted by atomic mass is 9.77. The standard InChI is InChI=1S/C25H20N2/c1-17-21-6-2-4-20-5-3-7-22(25(20)21)24(17)23(19-10-14-27-15-11-19)16-18-8-12-26-13-9-18/h2-15,23-24H,1,16H2. The molecule has 1 aliphatic carbocycles. The van der Waals surface area contributed by atoms with E-state index >= 15 is 0 Å². The van der Waals surface area contributed by atoms with Crippen LogP contribution in [0, 0.1) is 0 Å². The van der Waals surface area contributed by atoms with Crippen molar-refractivity contribution in [3.8, 4) is 0 Å². The quantitative estimate of drug-likeness (QED) is 0.468. The highest BCUT2D eigenvalue weighted by Gasteiger charge is 2.34. The van der Waals surface area contributed by atoms with E-state index in [-0.39, 0.29) is 5.92 Å². The molecular formula is C25H20N2. The van der Waals surface area contributed by atoms with Gasteiger partial charge in [0, 0.05) is 30.7 Å². The molecule has 2 aromatic heterocycles. The van der Waals surface area contributed by atoms with E-state index in [1.165, 1.54) is 38.6 Å². The van der Waals surface area contributed by atoms with Gasteiger partial charge >= 0.3 is 0 Å². The predicted octanol–water partition coefficient (Wildman–Crippen LogP) is 5.77. The van der Waals surface area contributed by atoms with E-state index in [1.54, 1.807) is 0 Å². The Morgan fingerprint density at radius 1 is 0.815 bits per heavy atom. The van der Waals surface area contributed by atoms with Crippen LogP contribution in [0.4, 0.5) is 0 Å². The molecular weight excluding hydrogens is 328 g/mol. The Hall–Kier alpha value is -3.26. The molecule has 2 aromatic carbocycles. The summed E-state index contributed by atoms with van der Waals surface area (Å²) in [7, 11) is 0. The van der Waals surface area contributed by atoms with Gasteiger partial charge in [-0.25, -0.2) is 0 Å². The first-order valence-electron chi connectivity index (χ1n) is 9.32. The largest absolute Gasteiger partial charge is 0.265 e. The molecule has 0 fully saturated rings. The molecule has 0 saturated carbocycles. The van der Waals surface area contributed by atoms with Gasteiger partial charge in [0.1, 0.15) is 0 Å². The molecule has 2 unspecified atom stereocenters. The lowest BCUT2D eigenvalue weighted by molar-refractivity contribution is 0.634. The first-order valence-corrected chi connectivity index (χ1v) is 9.32. The summed E-state index contributed by atoms with van der Waals surface area (Å²) in [4.78, 5) is 8.40. The topological polar surface area (TPSA) is 25.8 Å². The van der Waals surface area contributed by atoms with Crippen molar-refractivity contribution in [1.29, 1.82) is 0 Å². The molecule has 0 amide bonds. The molecule has 4 aromatic rings. The van der Waals surface area contributed by atoms with Crippen LogP contribution in [0.15, 0.2) is 92.0 Å². The van der Waals surface area contributed by atoms with Crippen molar-refractivity contribution in [3.05, 3.63) is 114 Å². The zero-order chi connectivity index (χ0) is 18.2. The highest BCUT2D eigenvalue weighted by molar-refractivity contribution is 6.03. The minimum absolute atomic E-state index is 0.265. The Balaban J connectivity index is 1.67. The van der Waals surface area contributed by atoms with Crippen LogP contribution >= 0.6 is 0 Å². The maximum absolute atomic E-state index is 4.54. The average Bonchev–Trinajstić information content (AvgIpc) is 3.02.